The molecular weight excluding hydrogens is 250 g/mol. The Kier molecular flexibility index (Phi) is 5.01. The number of hydrogen-bond acceptors (Lipinski definition) is 3. The summed E-state index contributed by atoms with van der Waals surface area (Å²) in [6.07, 6.45) is 2.95. The molecule has 0 spiro atoms. The zero-order valence-electron chi connectivity index (χ0n) is 12.9. The largest absolute Gasteiger partial charge is 0.464 e. The summed E-state index contributed by atoms with van der Waals surface area (Å²) < 4.78 is 7.88. The molecule has 110 valence electrons. The predicted octanol–water partition coefficient (Wildman–Crippen LogP) is 3.17. The van der Waals surface area contributed by atoms with Gasteiger partial charge in [0, 0.05) is 25.6 Å². The molecule has 20 heavy (non-hydrogen) atoms. The Labute approximate surface area is 121 Å². The smallest absolute Gasteiger partial charge is 0.121 e. The molecule has 0 aliphatic carbocycles. The Balaban J connectivity index is 2.16. The minimum Gasteiger partial charge on any atom is -0.464 e. The predicted molar refractivity (Wildman–Crippen MR) is 80.8 cm³/mol. The van der Waals surface area contributed by atoms with Crippen LogP contribution in [0.2, 0.25) is 0 Å². The second-order valence-electron chi connectivity index (χ2n) is 5.27. The van der Waals surface area contributed by atoms with Gasteiger partial charge in [-0.25, -0.2) is 0 Å². The van der Waals surface area contributed by atoms with Crippen LogP contribution in [-0.4, -0.2) is 16.3 Å². The van der Waals surface area contributed by atoms with Crippen LogP contribution in [0.4, 0.5) is 0 Å². The van der Waals surface area contributed by atoms with Crippen LogP contribution in [0.5, 0.6) is 0 Å². The molecule has 4 heteroatoms. The Morgan fingerprint density at radius 2 is 2.15 bits per heavy atom. The molecule has 2 aromatic heterocycles. The highest BCUT2D eigenvalue weighted by Gasteiger charge is 2.17. The highest BCUT2D eigenvalue weighted by molar-refractivity contribution is 5.16. The summed E-state index contributed by atoms with van der Waals surface area (Å²) in [5.41, 5.74) is 2.29. The molecule has 0 aliphatic heterocycles. The Morgan fingerprint density at radius 1 is 1.35 bits per heavy atom. The van der Waals surface area contributed by atoms with E-state index in [1.807, 2.05) is 18.7 Å². The van der Waals surface area contributed by atoms with Gasteiger partial charge in [-0.3, -0.25) is 4.68 Å². The second kappa shape index (κ2) is 6.75. The van der Waals surface area contributed by atoms with Gasteiger partial charge in [-0.05, 0) is 38.1 Å². The number of rotatable bonds is 7. The van der Waals surface area contributed by atoms with E-state index in [1.54, 1.807) is 0 Å². The number of aryl methyl sites for hydroxylation is 3. The summed E-state index contributed by atoms with van der Waals surface area (Å²) in [4.78, 5) is 0. The third kappa shape index (κ3) is 3.51. The normalized spacial score (nSPS) is 12.8. The van der Waals surface area contributed by atoms with E-state index in [4.69, 9.17) is 4.42 Å². The first kappa shape index (κ1) is 14.9. The summed E-state index contributed by atoms with van der Waals surface area (Å²) in [6.45, 7) is 7.31. The van der Waals surface area contributed by atoms with E-state index in [0.29, 0.717) is 0 Å². The monoisotopic (exact) mass is 275 g/mol. The lowest BCUT2D eigenvalue weighted by atomic mass is 10.1. The standard InChI is InChI=1S/C16H25N3O/c1-5-9-17-15(16-8-7-14(6-2)20-16)11-13-10-12(3)18-19(13)4/h7-8,10,15,17H,5-6,9,11H2,1-4H3. The minimum absolute atomic E-state index is 0.213. The van der Waals surface area contributed by atoms with Crippen LogP contribution < -0.4 is 5.32 Å². The zero-order chi connectivity index (χ0) is 14.5. The van der Waals surface area contributed by atoms with Crippen LogP contribution in [0.25, 0.3) is 0 Å². The molecule has 4 nitrogen and oxygen atoms in total. The third-order valence-corrected chi connectivity index (χ3v) is 3.53. The van der Waals surface area contributed by atoms with Crippen molar-refractivity contribution in [3.05, 3.63) is 41.1 Å². The molecule has 1 atom stereocenters. The van der Waals surface area contributed by atoms with Crippen molar-refractivity contribution in [3.8, 4) is 0 Å². The summed E-state index contributed by atoms with van der Waals surface area (Å²) in [5, 5.41) is 7.99. The van der Waals surface area contributed by atoms with E-state index < -0.39 is 0 Å². The van der Waals surface area contributed by atoms with Crippen LogP contribution in [0.3, 0.4) is 0 Å². The van der Waals surface area contributed by atoms with Gasteiger partial charge in [-0.1, -0.05) is 13.8 Å². The van der Waals surface area contributed by atoms with E-state index in [2.05, 4.69) is 42.5 Å². The van der Waals surface area contributed by atoms with Crippen LogP contribution in [0, 0.1) is 6.92 Å². The van der Waals surface area contributed by atoms with E-state index >= 15 is 0 Å². The molecule has 0 aliphatic rings. The lowest BCUT2D eigenvalue weighted by molar-refractivity contribution is 0.387. The van der Waals surface area contributed by atoms with Crippen LogP contribution in [0.1, 0.15) is 49.2 Å². The van der Waals surface area contributed by atoms with E-state index in [9.17, 15) is 0 Å². The molecule has 0 aromatic carbocycles. The van der Waals surface area contributed by atoms with Gasteiger partial charge in [-0.15, -0.1) is 0 Å². The Hall–Kier alpha value is -1.55. The van der Waals surface area contributed by atoms with Crippen molar-refractivity contribution in [2.45, 2.75) is 46.1 Å². The molecule has 2 rings (SSSR count). The van der Waals surface area contributed by atoms with Gasteiger partial charge >= 0.3 is 0 Å². The first-order valence-corrected chi connectivity index (χ1v) is 7.45. The molecule has 1 N–H and O–H groups in total. The van der Waals surface area contributed by atoms with Gasteiger partial charge < -0.3 is 9.73 Å². The summed E-state index contributed by atoms with van der Waals surface area (Å²) in [5.74, 6) is 2.07. The highest BCUT2D eigenvalue weighted by Crippen LogP contribution is 2.21. The Bertz CT molecular complexity index is 542. The summed E-state index contributed by atoms with van der Waals surface area (Å²) >= 11 is 0. The number of nitrogens with zero attached hydrogens (tertiary/aromatic N) is 2. The fourth-order valence-electron chi connectivity index (χ4n) is 2.43. The van der Waals surface area contributed by atoms with Crippen LogP contribution in [0.15, 0.2) is 22.6 Å². The maximum Gasteiger partial charge on any atom is 0.121 e. The number of nitrogens with one attached hydrogen (secondary N) is 1. The lowest BCUT2D eigenvalue weighted by Crippen LogP contribution is -2.24. The number of furan rings is 1. The second-order valence-corrected chi connectivity index (χ2v) is 5.27. The van der Waals surface area contributed by atoms with Crippen molar-refractivity contribution >= 4 is 0 Å². The van der Waals surface area contributed by atoms with Crippen molar-refractivity contribution in [1.29, 1.82) is 0 Å². The summed E-state index contributed by atoms with van der Waals surface area (Å²) in [7, 11) is 2.00. The zero-order valence-corrected chi connectivity index (χ0v) is 12.9. The van der Waals surface area contributed by atoms with Crippen LogP contribution >= 0.6 is 0 Å². The maximum absolute atomic E-state index is 5.92. The van der Waals surface area contributed by atoms with Crippen molar-refractivity contribution in [1.82, 2.24) is 15.1 Å². The average molecular weight is 275 g/mol. The minimum atomic E-state index is 0.213. The maximum atomic E-state index is 5.92. The fraction of sp³-hybridized carbons (Fsp3) is 0.562. The van der Waals surface area contributed by atoms with Crippen molar-refractivity contribution in [2.24, 2.45) is 7.05 Å². The van der Waals surface area contributed by atoms with Gasteiger partial charge in [0.25, 0.3) is 0 Å². The fourth-order valence-corrected chi connectivity index (χ4v) is 2.43. The lowest BCUT2D eigenvalue weighted by Gasteiger charge is -2.16. The molecule has 0 fully saturated rings. The SMILES string of the molecule is CCCNC(Cc1cc(C)nn1C)c1ccc(CC)o1. The van der Waals surface area contributed by atoms with Crippen LogP contribution in [-0.2, 0) is 19.9 Å². The molecule has 0 bridgehead atoms. The van der Waals surface area contributed by atoms with Gasteiger partial charge in [0.1, 0.15) is 11.5 Å². The van der Waals surface area contributed by atoms with Gasteiger partial charge in [0.2, 0.25) is 0 Å². The molecule has 0 saturated carbocycles. The summed E-state index contributed by atoms with van der Waals surface area (Å²) in [6, 6.07) is 6.52. The van der Waals surface area contributed by atoms with Gasteiger partial charge in [-0.2, -0.15) is 5.10 Å². The topological polar surface area (TPSA) is 43.0 Å². The van der Waals surface area contributed by atoms with Gasteiger partial charge in [0.15, 0.2) is 0 Å². The highest BCUT2D eigenvalue weighted by atomic mass is 16.3. The molecule has 2 aromatic rings. The van der Waals surface area contributed by atoms with E-state index in [1.165, 1.54) is 5.69 Å². The quantitative estimate of drug-likeness (QED) is 0.844. The number of aromatic nitrogens is 2. The van der Waals surface area contributed by atoms with Crippen molar-refractivity contribution in [2.75, 3.05) is 6.54 Å². The first-order valence-electron chi connectivity index (χ1n) is 7.45. The molecule has 0 saturated heterocycles. The van der Waals surface area contributed by atoms with Crippen molar-refractivity contribution < 1.29 is 4.42 Å². The first-order chi connectivity index (χ1) is 9.63. The molecule has 0 amide bonds. The van der Waals surface area contributed by atoms with Crippen molar-refractivity contribution in [3.63, 3.8) is 0 Å². The Morgan fingerprint density at radius 3 is 2.70 bits per heavy atom. The molecule has 0 radical (unpaired) electrons. The molecule has 1 unspecified atom stereocenters. The number of hydrogen-bond donors (Lipinski definition) is 1. The average Bonchev–Trinajstić information content (AvgIpc) is 3.01. The van der Waals surface area contributed by atoms with E-state index in [0.717, 1.165) is 43.0 Å². The third-order valence-electron chi connectivity index (χ3n) is 3.53. The van der Waals surface area contributed by atoms with Gasteiger partial charge in [0.05, 0.1) is 11.7 Å². The van der Waals surface area contributed by atoms with E-state index in [-0.39, 0.29) is 6.04 Å². The molecule has 2 heterocycles. The molecular formula is C16H25N3O.